The fraction of sp³-hybridized carbons (Fsp3) is 0.375. The molecule has 2 heterocycles. The van der Waals surface area contributed by atoms with Gasteiger partial charge in [-0.2, -0.15) is 0 Å². The molecule has 3 atom stereocenters. The molecule has 2 aliphatic heterocycles. The first kappa shape index (κ1) is 22.2. The molecule has 0 aliphatic carbocycles. The lowest BCUT2D eigenvalue weighted by atomic mass is 9.96. The Morgan fingerprint density at radius 3 is 2.41 bits per heavy atom. The highest BCUT2D eigenvalue weighted by Crippen LogP contribution is 2.51. The summed E-state index contributed by atoms with van der Waals surface area (Å²) < 4.78 is 10.1. The van der Waals surface area contributed by atoms with Crippen LogP contribution in [0.3, 0.4) is 0 Å². The third kappa shape index (κ3) is 4.32. The number of benzene rings is 2. The van der Waals surface area contributed by atoms with E-state index in [1.54, 1.807) is 24.1 Å². The predicted octanol–water partition coefficient (Wildman–Crippen LogP) is 2.53. The van der Waals surface area contributed by atoms with E-state index in [-0.39, 0.29) is 30.2 Å². The minimum Gasteiger partial charge on any atom is -0.497 e. The Bertz CT molecular complexity index is 1010. The molecule has 8 heteroatoms. The van der Waals surface area contributed by atoms with Crippen molar-refractivity contribution in [3.05, 3.63) is 65.7 Å². The van der Waals surface area contributed by atoms with Gasteiger partial charge in [-0.05, 0) is 37.1 Å². The van der Waals surface area contributed by atoms with E-state index >= 15 is 0 Å². The monoisotopic (exact) mass is 454 g/mol. The summed E-state index contributed by atoms with van der Waals surface area (Å²) in [5.74, 6) is -0.176. The summed E-state index contributed by atoms with van der Waals surface area (Å²) in [6, 6.07) is 15.3. The number of nitrogens with one attached hydrogen (secondary N) is 1. The van der Waals surface area contributed by atoms with E-state index in [4.69, 9.17) is 9.47 Å². The first-order chi connectivity index (χ1) is 15.3. The largest absolute Gasteiger partial charge is 0.497 e. The van der Waals surface area contributed by atoms with Crippen LogP contribution < -0.4 is 10.1 Å². The Kier molecular flexibility index (Phi) is 6.15. The van der Waals surface area contributed by atoms with Gasteiger partial charge in [0.05, 0.1) is 13.5 Å². The van der Waals surface area contributed by atoms with Gasteiger partial charge in [0.25, 0.3) is 0 Å². The van der Waals surface area contributed by atoms with Gasteiger partial charge < -0.3 is 19.7 Å². The van der Waals surface area contributed by atoms with E-state index < -0.39 is 22.8 Å². The van der Waals surface area contributed by atoms with Crippen LogP contribution in [-0.4, -0.2) is 52.0 Å². The second kappa shape index (κ2) is 8.86. The molecule has 0 saturated carbocycles. The van der Waals surface area contributed by atoms with Gasteiger partial charge in [-0.25, -0.2) is 4.79 Å². The molecule has 1 N–H and O–H groups in total. The fourth-order valence-corrected chi connectivity index (χ4v) is 5.71. The summed E-state index contributed by atoms with van der Waals surface area (Å²) in [5, 5.41) is 2.56. The second-order valence-electron chi connectivity index (χ2n) is 8.42. The Labute approximate surface area is 191 Å². The third-order valence-electron chi connectivity index (χ3n) is 5.73. The van der Waals surface area contributed by atoms with Gasteiger partial charge in [0.2, 0.25) is 11.8 Å². The van der Waals surface area contributed by atoms with E-state index in [0.29, 0.717) is 0 Å². The maximum Gasteiger partial charge on any atom is 0.330 e. The van der Waals surface area contributed by atoms with Gasteiger partial charge >= 0.3 is 5.97 Å². The maximum atomic E-state index is 12.9. The number of carbonyl (C=O) groups excluding carboxylic acids is 3. The van der Waals surface area contributed by atoms with Crippen molar-refractivity contribution in [2.45, 2.75) is 49.1 Å². The number of carbonyl (C=O) groups is 3. The van der Waals surface area contributed by atoms with Crippen LogP contribution in [0.25, 0.3) is 0 Å². The van der Waals surface area contributed by atoms with Gasteiger partial charge in [0, 0.05) is 4.75 Å². The summed E-state index contributed by atoms with van der Waals surface area (Å²) in [7, 11) is 1.59. The maximum absolute atomic E-state index is 12.9. The first-order valence-electron chi connectivity index (χ1n) is 10.4. The summed E-state index contributed by atoms with van der Waals surface area (Å²) in [4.78, 5) is 39.8. The molecule has 1 unspecified atom stereocenters. The number of rotatable bonds is 7. The van der Waals surface area contributed by atoms with Crippen molar-refractivity contribution in [2.75, 3.05) is 7.11 Å². The predicted molar refractivity (Wildman–Crippen MR) is 121 cm³/mol. The van der Waals surface area contributed by atoms with Crippen LogP contribution in [-0.2, 0) is 32.1 Å². The molecule has 0 bridgehead atoms. The summed E-state index contributed by atoms with van der Waals surface area (Å²) >= 11 is 1.51. The van der Waals surface area contributed by atoms with Crippen LogP contribution in [0.4, 0.5) is 0 Å². The van der Waals surface area contributed by atoms with Crippen LogP contribution in [0.5, 0.6) is 5.75 Å². The molecule has 2 aromatic rings. The van der Waals surface area contributed by atoms with Gasteiger partial charge in [-0.15, -0.1) is 11.8 Å². The molecule has 7 nitrogen and oxygen atoms in total. The van der Waals surface area contributed by atoms with Gasteiger partial charge in [0.15, 0.2) is 0 Å². The molecular formula is C24H26N2O5S. The van der Waals surface area contributed by atoms with E-state index in [0.717, 1.165) is 16.9 Å². The number of thioether (sulfide) groups is 1. The molecule has 168 valence electrons. The lowest BCUT2D eigenvalue weighted by Gasteiger charge is -2.44. The molecule has 2 aliphatic rings. The summed E-state index contributed by atoms with van der Waals surface area (Å²) in [5.41, 5.74) is 1.72. The number of methoxy groups -OCH3 is 1. The van der Waals surface area contributed by atoms with E-state index in [2.05, 4.69) is 5.32 Å². The minimum absolute atomic E-state index is 0.115. The molecular weight excluding hydrogens is 428 g/mol. The molecule has 0 spiro atoms. The smallest absolute Gasteiger partial charge is 0.330 e. The topological polar surface area (TPSA) is 84.9 Å². The van der Waals surface area contributed by atoms with Crippen molar-refractivity contribution in [1.29, 1.82) is 0 Å². The summed E-state index contributed by atoms with van der Waals surface area (Å²) in [6.45, 7) is 3.96. The highest BCUT2D eigenvalue weighted by Gasteiger charge is 2.64. The Balaban J connectivity index is 1.37. The standard InChI is InChI=1S/C24H26N2O5S/c1-24(2)20(23(29)31-14-16-9-11-17(30-3)12-10-16)26-21(28)19(22(26)32-24)25-18(27)13-15-7-5-4-6-8-15/h4-12,19-20,22H,13-14H2,1-3H3,(H,25,27)/t19-,20?,22-/m1/s1. The van der Waals surface area contributed by atoms with Crippen LogP contribution in [0, 0.1) is 0 Å². The number of esters is 1. The van der Waals surface area contributed by atoms with Gasteiger partial charge in [-0.3, -0.25) is 9.59 Å². The van der Waals surface area contributed by atoms with Crippen molar-refractivity contribution in [3.8, 4) is 5.75 Å². The van der Waals surface area contributed by atoms with Crippen LogP contribution in [0.15, 0.2) is 54.6 Å². The van der Waals surface area contributed by atoms with Crippen molar-refractivity contribution >= 4 is 29.5 Å². The van der Waals surface area contributed by atoms with Crippen LogP contribution >= 0.6 is 11.8 Å². The second-order valence-corrected chi connectivity index (χ2v) is 10.2. The zero-order valence-electron chi connectivity index (χ0n) is 18.2. The zero-order valence-corrected chi connectivity index (χ0v) is 19.1. The normalized spacial score (nSPS) is 23.2. The minimum atomic E-state index is -0.703. The third-order valence-corrected chi connectivity index (χ3v) is 7.30. The SMILES string of the molecule is COc1ccc(COC(=O)C2N3C(=O)[C@@H](NC(=O)Cc4ccccc4)[C@H]3SC2(C)C)cc1. The number of hydrogen-bond acceptors (Lipinski definition) is 6. The van der Waals surface area contributed by atoms with E-state index in [1.807, 2.05) is 56.3 Å². The number of β-lactam (4-membered cyclic amide) rings is 1. The number of nitrogens with zero attached hydrogens (tertiary/aromatic N) is 1. The molecule has 32 heavy (non-hydrogen) atoms. The fourth-order valence-electron chi connectivity index (χ4n) is 4.09. The Morgan fingerprint density at radius 2 is 1.75 bits per heavy atom. The molecule has 4 rings (SSSR count). The molecule has 0 aromatic heterocycles. The van der Waals surface area contributed by atoms with Crippen molar-refractivity contribution in [2.24, 2.45) is 0 Å². The lowest BCUT2D eigenvalue weighted by Crippen LogP contribution is -2.70. The quantitative estimate of drug-likeness (QED) is 0.511. The Hall–Kier alpha value is -3.00. The number of fused-ring (bicyclic) bond motifs is 1. The highest BCUT2D eigenvalue weighted by molar-refractivity contribution is 8.01. The average molecular weight is 455 g/mol. The van der Waals surface area contributed by atoms with Crippen molar-refractivity contribution < 1.29 is 23.9 Å². The molecule has 0 radical (unpaired) electrons. The molecule has 2 fully saturated rings. The van der Waals surface area contributed by atoms with Crippen molar-refractivity contribution in [3.63, 3.8) is 0 Å². The van der Waals surface area contributed by atoms with Crippen LogP contribution in [0.1, 0.15) is 25.0 Å². The number of amides is 2. The van der Waals surface area contributed by atoms with E-state index in [1.165, 1.54) is 11.8 Å². The highest BCUT2D eigenvalue weighted by atomic mass is 32.2. The lowest BCUT2D eigenvalue weighted by molar-refractivity contribution is -0.165. The Morgan fingerprint density at radius 1 is 1.06 bits per heavy atom. The van der Waals surface area contributed by atoms with Gasteiger partial charge in [-0.1, -0.05) is 42.5 Å². The first-order valence-corrected chi connectivity index (χ1v) is 11.3. The molecule has 2 aromatic carbocycles. The number of hydrogen-bond donors (Lipinski definition) is 1. The average Bonchev–Trinajstić information content (AvgIpc) is 3.04. The van der Waals surface area contributed by atoms with Crippen LogP contribution in [0.2, 0.25) is 0 Å². The zero-order chi connectivity index (χ0) is 22.9. The molecule has 2 amide bonds. The van der Waals surface area contributed by atoms with E-state index in [9.17, 15) is 14.4 Å². The van der Waals surface area contributed by atoms with Crippen molar-refractivity contribution in [1.82, 2.24) is 10.2 Å². The number of ether oxygens (including phenoxy) is 2. The summed E-state index contributed by atoms with van der Waals surface area (Å²) in [6.07, 6.45) is 0.207. The molecule has 2 saturated heterocycles. The van der Waals surface area contributed by atoms with Gasteiger partial charge in [0.1, 0.15) is 29.8 Å².